The second-order valence-corrected chi connectivity index (χ2v) is 3.00. The molecule has 3 nitrogen and oxygen atoms in total. The average molecular weight is 199 g/mol. The molecule has 1 aromatic carbocycles. The maximum Gasteiger partial charge on any atom is 0.251 e. The van der Waals surface area contributed by atoms with Crippen LogP contribution in [0.2, 0.25) is 5.02 Å². The Morgan fingerprint density at radius 3 is 2.85 bits per heavy atom. The lowest BCUT2D eigenvalue weighted by Gasteiger charge is -2.03. The number of nitrogen functional groups attached to an aromatic ring is 1. The molecule has 0 unspecified atom stereocenters. The molecule has 0 aliphatic rings. The van der Waals surface area contributed by atoms with E-state index in [0.717, 1.165) is 0 Å². The molecule has 1 aromatic rings. The van der Waals surface area contributed by atoms with Gasteiger partial charge in [0.2, 0.25) is 0 Å². The van der Waals surface area contributed by atoms with Crippen molar-refractivity contribution in [3.05, 3.63) is 28.8 Å². The van der Waals surface area contributed by atoms with Gasteiger partial charge in [-0.3, -0.25) is 4.79 Å². The van der Waals surface area contributed by atoms with Gasteiger partial charge in [-0.2, -0.15) is 0 Å². The number of hydrogen-bond donors (Lipinski definition) is 2. The summed E-state index contributed by atoms with van der Waals surface area (Å²) in [4.78, 5) is 11.3. The Hall–Kier alpha value is -1.22. The number of benzene rings is 1. The summed E-state index contributed by atoms with van der Waals surface area (Å²) in [6.07, 6.45) is 0. The quantitative estimate of drug-likeness (QED) is 0.711. The van der Waals surface area contributed by atoms with Crippen molar-refractivity contribution in [1.29, 1.82) is 0 Å². The number of rotatable bonds is 2. The summed E-state index contributed by atoms with van der Waals surface area (Å²) in [5, 5.41) is 3.08. The second-order valence-electron chi connectivity index (χ2n) is 2.60. The summed E-state index contributed by atoms with van der Waals surface area (Å²) in [6, 6.07) is 4.82. The van der Waals surface area contributed by atoms with E-state index in [4.69, 9.17) is 17.3 Å². The van der Waals surface area contributed by atoms with Crippen LogP contribution in [0, 0.1) is 0 Å². The summed E-state index contributed by atoms with van der Waals surface area (Å²) >= 11 is 5.75. The molecule has 0 heterocycles. The first-order valence-electron chi connectivity index (χ1n) is 3.98. The first kappa shape index (κ1) is 9.86. The first-order chi connectivity index (χ1) is 6.15. The number of amides is 1. The van der Waals surface area contributed by atoms with Crippen molar-refractivity contribution in [2.24, 2.45) is 0 Å². The molecule has 1 amide bonds. The molecular formula is C9H11ClN2O. The molecule has 0 spiro atoms. The Bertz CT molecular complexity index is 325. The zero-order valence-electron chi connectivity index (χ0n) is 7.30. The minimum atomic E-state index is -0.135. The Balaban J connectivity index is 2.90. The van der Waals surface area contributed by atoms with Gasteiger partial charge in [0, 0.05) is 12.1 Å². The molecule has 13 heavy (non-hydrogen) atoms. The van der Waals surface area contributed by atoms with E-state index in [1.54, 1.807) is 18.2 Å². The molecule has 0 atom stereocenters. The fourth-order valence-corrected chi connectivity index (χ4v) is 1.11. The van der Waals surface area contributed by atoms with Crippen LogP contribution in [0.5, 0.6) is 0 Å². The second kappa shape index (κ2) is 4.14. The number of anilines is 1. The summed E-state index contributed by atoms with van der Waals surface area (Å²) in [5.41, 5.74) is 6.51. The van der Waals surface area contributed by atoms with Gasteiger partial charge in [-0.25, -0.2) is 0 Å². The Kier molecular flexibility index (Phi) is 3.14. The molecule has 0 aromatic heterocycles. The van der Waals surface area contributed by atoms with Crippen molar-refractivity contribution >= 4 is 23.2 Å². The minimum absolute atomic E-state index is 0.135. The summed E-state index contributed by atoms with van der Waals surface area (Å²) in [7, 11) is 0. The van der Waals surface area contributed by atoms with E-state index in [-0.39, 0.29) is 5.91 Å². The molecule has 0 bridgehead atoms. The van der Waals surface area contributed by atoms with E-state index in [2.05, 4.69) is 5.32 Å². The van der Waals surface area contributed by atoms with Crippen molar-refractivity contribution in [3.63, 3.8) is 0 Å². The van der Waals surface area contributed by atoms with Gasteiger partial charge in [-0.05, 0) is 25.1 Å². The molecule has 0 fully saturated rings. The van der Waals surface area contributed by atoms with Crippen molar-refractivity contribution in [3.8, 4) is 0 Å². The average Bonchev–Trinajstić information content (AvgIpc) is 2.10. The van der Waals surface area contributed by atoms with Gasteiger partial charge in [-0.15, -0.1) is 0 Å². The van der Waals surface area contributed by atoms with Gasteiger partial charge < -0.3 is 11.1 Å². The fraction of sp³-hybridized carbons (Fsp3) is 0.222. The minimum Gasteiger partial charge on any atom is -0.398 e. The number of carbonyl (C=O) groups is 1. The van der Waals surface area contributed by atoms with E-state index >= 15 is 0 Å². The zero-order chi connectivity index (χ0) is 9.84. The van der Waals surface area contributed by atoms with E-state index in [1.807, 2.05) is 6.92 Å². The highest BCUT2D eigenvalue weighted by Crippen LogP contribution is 2.19. The lowest BCUT2D eigenvalue weighted by molar-refractivity contribution is 0.0956. The van der Waals surface area contributed by atoms with Gasteiger partial charge in [0.05, 0.1) is 10.7 Å². The Morgan fingerprint density at radius 2 is 2.31 bits per heavy atom. The first-order valence-corrected chi connectivity index (χ1v) is 4.36. The van der Waals surface area contributed by atoms with Crippen LogP contribution in [0.4, 0.5) is 5.69 Å². The smallest absolute Gasteiger partial charge is 0.251 e. The molecular weight excluding hydrogens is 188 g/mol. The molecule has 0 aliphatic heterocycles. The highest BCUT2D eigenvalue weighted by atomic mass is 35.5. The lowest BCUT2D eigenvalue weighted by atomic mass is 10.2. The van der Waals surface area contributed by atoms with Crippen LogP contribution in [-0.2, 0) is 0 Å². The van der Waals surface area contributed by atoms with Gasteiger partial charge in [0.25, 0.3) is 5.91 Å². The van der Waals surface area contributed by atoms with Crippen LogP contribution < -0.4 is 11.1 Å². The summed E-state index contributed by atoms with van der Waals surface area (Å²) in [6.45, 7) is 2.46. The Morgan fingerprint density at radius 1 is 1.62 bits per heavy atom. The van der Waals surface area contributed by atoms with Crippen molar-refractivity contribution < 1.29 is 4.79 Å². The normalized spacial score (nSPS) is 9.69. The number of nitrogens with two attached hydrogens (primary N) is 1. The van der Waals surface area contributed by atoms with E-state index in [0.29, 0.717) is 22.8 Å². The van der Waals surface area contributed by atoms with Crippen LogP contribution in [0.1, 0.15) is 17.3 Å². The molecule has 0 aliphatic carbocycles. The van der Waals surface area contributed by atoms with E-state index in [1.165, 1.54) is 0 Å². The topological polar surface area (TPSA) is 55.1 Å². The largest absolute Gasteiger partial charge is 0.398 e. The predicted octanol–water partition coefficient (Wildman–Crippen LogP) is 1.67. The molecule has 0 radical (unpaired) electrons. The third-order valence-corrected chi connectivity index (χ3v) is 1.93. The monoisotopic (exact) mass is 198 g/mol. The summed E-state index contributed by atoms with van der Waals surface area (Å²) in [5.74, 6) is -0.135. The van der Waals surface area contributed by atoms with E-state index < -0.39 is 0 Å². The SMILES string of the molecule is CCNC(=O)c1ccc(N)c(Cl)c1. The third-order valence-electron chi connectivity index (χ3n) is 1.60. The van der Waals surface area contributed by atoms with Gasteiger partial charge in [-0.1, -0.05) is 11.6 Å². The molecule has 1 rings (SSSR count). The van der Waals surface area contributed by atoms with Crippen LogP contribution in [0.3, 0.4) is 0 Å². The highest BCUT2D eigenvalue weighted by Gasteiger charge is 2.05. The van der Waals surface area contributed by atoms with Crippen LogP contribution in [-0.4, -0.2) is 12.5 Å². The van der Waals surface area contributed by atoms with Gasteiger partial charge in [0.15, 0.2) is 0 Å². The van der Waals surface area contributed by atoms with Gasteiger partial charge >= 0.3 is 0 Å². The van der Waals surface area contributed by atoms with Crippen LogP contribution in [0.15, 0.2) is 18.2 Å². The van der Waals surface area contributed by atoms with Crippen molar-refractivity contribution in [1.82, 2.24) is 5.32 Å². The molecule has 4 heteroatoms. The van der Waals surface area contributed by atoms with Gasteiger partial charge in [0.1, 0.15) is 0 Å². The van der Waals surface area contributed by atoms with E-state index in [9.17, 15) is 4.79 Å². The lowest BCUT2D eigenvalue weighted by Crippen LogP contribution is -2.22. The zero-order valence-corrected chi connectivity index (χ0v) is 8.06. The van der Waals surface area contributed by atoms with Crippen molar-refractivity contribution in [2.45, 2.75) is 6.92 Å². The maximum atomic E-state index is 11.3. The number of nitrogens with one attached hydrogen (secondary N) is 1. The number of carbonyl (C=O) groups excluding carboxylic acids is 1. The standard InChI is InChI=1S/C9H11ClN2O/c1-2-12-9(13)6-3-4-8(11)7(10)5-6/h3-5H,2,11H2,1H3,(H,12,13). The van der Waals surface area contributed by atoms with Crippen LogP contribution >= 0.6 is 11.6 Å². The maximum absolute atomic E-state index is 11.3. The van der Waals surface area contributed by atoms with Crippen LogP contribution in [0.25, 0.3) is 0 Å². The predicted molar refractivity (Wildman–Crippen MR) is 53.9 cm³/mol. The molecule has 0 saturated heterocycles. The third kappa shape index (κ3) is 2.36. The number of hydrogen-bond acceptors (Lipinski definition) is 2. The summed E-state index contributed by atoms with van der Waals surface area (Å²) < 4.78 is 0. The molecule has 3 N–H and O–H groups in total. The number of halogens is 1. The molecule has 70 valence electrons. The molecule has 0 saturated carbocycles. The fourth-order valence-electron chi connectivity index (χ4n) is 0.931. The Labute approximate surface area is 81.9 Å². The van der Waals surface area contributed by atoms with Crippen molar-refractivity contribution in [2.75, 3.05) is 12.3 Å². The highest BCUT2D eigenvalue weighted by molar-refractivity contribution is 6.33.